The number of nitrogens with zero attached hydrogens (tertiary/aromatic N) is 3. The molecule has 0 fully saturated rings. The molecule has 0 amide bonds. The Bertz CT molecular complexity index is 1400. The van der Waals surface area contributed by atoms with Gasteiger partial charge in [-0.25, -0.2) is 4.79 Å². The number of ether oxygens (including phenoxy) is 2. The molecule has 0 aliphatic rings. The zero-order valence-electron chi connectivity index (χ0n) is 17.0. The Morgan fingerprint density at radius 3 is 2.37 bits per heavy atom. The number of hydrogen-bond acceptors (Lipinski definition) is 4. The maximum absolute atomic E-state index is 13.2. The molecule has 30 heavy (non-hydrogen) atoms. The van der Waals surface area contributed by atoms with Crippen molar-refractivity contribution in [3.63, 3.8) is 0 Å². The molecule has 0 saturated heterocycles. The number of aryl methyl sites for hydroxylation is 1. The van der Waals surface area contributed by atoms with Crippen LogP contribution in [0.2, 0.25) is 0 Å². The third-order valence-electron chi connectivity index (χ3n) is 5.18. The summed E-state index contributed by atoms with van der Waals surface area (Å²) in [6.45, 7) is 0. The van der Waals surface area contributed by atoms with Gasteiger partial charge < -0.3 is 14.0 Å². The summed E-state index contributed by atoms with van der Waals surface area (Å²) in [6, 6.07) is 13.1. The minimum Gasteiger partial charge on any atom is -0.497 e. The average Bonchev–Trinajstić information content (AvgIpc) is 3.16. The number of aromatic nitrogens is 3. The van der Waals surface area contributed by atoms with E-state index in [4.69, 9.17) is 9.47 Å². The predicted molar refractivity (Wildman–Crippen MR) is 120 cm³/mol. The number of halogens is 1. The van der Waals surface area contributed by atoms with Gasteiger partial charge in [0.25, 0.3) is 5.56 Å². The van der Waals surface area contributed by atoms with Crippen LogP contribution in [-0.2, 0) is 14.1 Å². The van der Waals surface area contributed by atoms with Gasteiger partial charge in [-0.3, -0.25) is 13.9 Å². The van der Waals surface area contributed by atoms with Gasteiger partial charge in [0.05, 0.1) is 36.5 Å². The van der Waals surface area contributed by atoms with E-state index in [1.165, 1.54) is 11.6 Å². The summed E-state index contributed by atoms with van der Waals surface area (Å²) < 4.78 is 16.3. The molecule has 0 radical (unpaired) electrons. The number of fused-ring (bicyclic) bond motifs is 1. The van der Waals surface area contributed by atoms with E-state index in [-0.39, 0.29) is 11.2 Å². The molecule has 4 aromatic rings. The van der Waals surface area contributed by atoms with Crippen molar-refractivity contribution in [2.24, 2.45) is 14.1 Å². The summed E-state index contributed by atoms with van der Waals surface area (Å²) >= 11 is 3.51. The lowest BCUT2D eigenvalue weighted by Gasteiger charge is -2.15. The van der Waals surface area contributed by atoms with E-state index >= 15 is 0 Å². The number of methoxy groups -OCH3 is 2. The van der Waals surface area contributed by atoms with Gasteiger partial charge in [-0.1, -0.05) is 28.1 Å². The number of rotatable bonds is 4. The molecular weight excluding hydrogens is 450 g/mol. The third kappa shape index (κ3) is 3.04. The fraction of sp³-hybridized carbons (Fsp3) is 0.182. The van der Waals surface area contributed by atoms with E-state index in [1.807, 2.05) is 34.9 Å². The molecule has 154 valence electrons. The zero-order chi connectivity index (χ0) is 21.6. The highest BCUT2D eigenvalue weighted by atomic mass is 79.9. The fourth-order valence-electron chi connectivity index (χ4n) is 3.64. The second kappa shape index (κ2) is 7.53. The average molecular weight is 470 g/mol. The molecule has 4 rings (SSSR count). The van der Waals surface area contributed by atoms with Crippen LogP contribution >= 0.6 is 15.9 Å². The lowest BCUT2D eigenvalue weighted by atomic mass is 10.1. The maximum atomic E-state index is 13.2. The van der Waals surface area contributed by atoms with E-state index < -0.39 is 0 Å². The second-order valence-electron chi connectivity index (χ2n) is 6.86. The first-order valence-corrected chi connectivity index (χ1v) is 9.96. The minimum absolute atomic E-state index is 0.358. The topological polar surface area (TPSA) is 67.4 Å². The van der Waals surface area contributed by atoms with Crippen LogP contribution in [0.4, 0.5) is 0 Å². The summed E-state index contributed by atoms with van der Waals surface area (Å²) in [4.78, 5) is 25.7. The van der Waals surface area contributed by atoms with E-state index in [2.05, 4.69) is 15.9 Å². The van der Waals surface area contributed by atoms with Crippen LogP contribution in [0.25, 0.3) is 27.8 Å². The molecule has 0 aliphatic carbocycles. The molecule has 2 aromatic carbocycles. The number of hydrogen-bond donors (Lipinski definition) is 0. The Hall–Kier alpha value is -3.26. The molecule has 7 nitrogen and oxygen atoms in total. The molecule has 0 spiro atoms. The second-order valence-corrected chi connectivity index (χ2v) is 7.78. The summed E-state index contributed by atoms with van der Waals surface area (Å²) in [5.74, 6) is 1.25. The van der Waals surface area contributed by atoms with Crippen molar-refractivity contribution in [2.75, 3.05) is 14.2 Å². The van der Waals surface area contributed by atoms with Gasteiger partial charge in [-0.2, -0.15) is 0 Å². The first-order valence-electron chi connectivity index (χ1n) is 9.16. The summed E-state index contributed by atoms with van der Waals surface area (Å²) in [7, 11) is 6.31. The van der Waals surface area contributed by atoms with Gasteiger partial charge in [0.15, 0.2) is 0 Å². The van der Waals surface area contributed by atoms with E-state index in [1.54, 1.807) is 39.6 Å². The van der Waals surface area contributed by atoms with Crippen molar-refractivity contribution < 1.29 is 9.47 Å². The van der Waals surface area contributed by atoms with Crippen molar-refractivity contribution in [1.29, 1.82) is 0 Å². The molecule has 0 bridgehead atoms. The van der Waals surface area contributed by atoms with Gasteiger partial charge in [0.1, 0.15) is 11.5 Å². The summed E-state index contributed by atoms with van der Waals surface area (Å²) in [5, 5.41) is 0.447. The Balaban J connectivity index is 2.23. The summed E-state index contributed by atoms with van der Waals surface area (Å²) in [5.41, 5.74) is 1.96. The number of benzene rings is 2. The van der Waals surface area contributed by atoms with Crippen LogP contribution in [-0.4, -0.2) is 27.9 Å². The van der Waals surface area contributed by atoms with Gasteiger partial charge in [0, 0.05) is 36.4 Å². The van der Waals surface area contributed by atoms with Crippen molar-refractivity contribution in [3.8, 4) is 28.4 Å². The van der Waals surface area contributed by atoms with Gasteiger partial charge >= 0.3 is 5.69 Å². The molecule has 0 atom stereocenters. The zero-order valence-corrected chi connectivity index (χ0v) is 18.6. The van der Waals surface area contributed by atoms with Crippen LogP contribution in [0.5, 0.6) is 11.5 Å². The summed E-state index contributed by atoms with van der Waals surface area (Å²) in [6.07, 6.45) is 1.78. The van der Waals surface area contributed by atoms with Crippen molar-refractivity contribution in [2.45, 2.75) is 0 Å². The van der Waals surface area contributed by atoms with Gasteiger partial charge in [-0.05, 0) is 24.3 Å². The first kappa shape index (κ1) is 20.0. The molecule has 2 aromatic heterocycles. The third-order valence-corrected chi connectivity index (χ3v) is 5.68. The van der Waals surface area contributed by atoms with Crippen LogP contribution in [0, 0.1) is 0 Å². The highest BCUT2D eigenvalue weighted by molar-refractivity contribution is 9.10. The van der Waals surface area contributed by atoms with Gasteiger partial charge in [-0.15, -0.1) is 0 Å². The van der Waals surface area contributed by atoms with Crippen molar-refractivity contribution in [3.05, 3.63) is 74.0 Å². The largest absolute Gasteiger partial charge is 0.497 e. The van der Waals surface area contributed by atoms with E-state index in [0.717, 1.165) is 14.6 Å². The molecule has 0 unspecified atom stereocenters. The van der Waals surface area contributed by atoms with Crippen molar-refractivity contribution in [1.82, 2.24) is 13.7 Å². The van der Waals surface area contributed by atoms with Crippen LogP contribution < -0.4 is 20.7 Å². The lowest BCUT2D eigenvalue weighted by molar-refractivity contribution is 0.401. The Kier molecular flexibility index (Phi) is 5.03. The van der Waals surface area contributed by atoms with Gasteiger partial charge in [0.2, 0.25) is 0 Å². The molecule has 0 N–H and O–H groups in total. The van der Waals surface area contributed by atoms with Crippen LogP contribution in [0.15, 0.2) is 62.7 Å². The molecule has 8 heteroatoms. The quantitative estimate of drug-likeness (QED) is 0.458. The SMILES string of the molecule is COc1ccc(OC)c(-n2cc3c(c2-c2cccc(Br)c2)c(=O)n(C)c(=O)n3C)c1. The predicted octanol–water partition coefficient (Wildman–Crippen LogP) is 3.47. The van der Waals surface area contributed by atoms with Crippen LogP contribution in [0.1, 0.15) is 0 Å². The molecule has 0 aliphatic heterocycles. The maximum Gasteiger partial charge on any atom is 0.330 e. The first-order chi connectivity index (χ1) is 14.4. The minimum atomic E-state index is -0.386. The standard InChI is InChI=1S/C22H20BrN3O4/c1-24-17-12-26(16-11-15(29-3)8-9-18(16)30-4)20(13-6-5-7-14(23)10-13)19(17)21(27)25(2)22(24)28/h5-12H,1-4H3. The smallest absolute Gasteiger partial charge is 0.330 e. The molecule has 2 heterocycles. The molecular formula is C22H20BrN3O4. The van der Waals surface area contributed by atoms with E-state index in [9.17, 15) is 9.59 Å². The lowest BCUT2D eigenvalue weighted by Crippen LogP contribution is -2.36. The van der Waals surface area contributed by atoms with Crippen molar-refractivity contribution >= 4 is 26.8 Å². The Morgan fingerprint density at radius 2 is 1.70 bits per heavy atom. The molecule has 0 saturated carbocycles. The normalized spacial score (nSPS) is 11.1. The highest BCUT2D eigenvalue weighted by Crippen LogP contribution is 2.36. The monoisotopic (exact) mass is 469 g/mol. The van der Waals surface area contributed by atoms with Crippen LogP contribution in [0.3, 0.4) is 0 Å². The fourth-order valence-corrected chi connectivity index (χ4v) is 4.03. The highest BCUT2D eigenvalue weighted by Gasteiger charge is 2.22. The Morgan fingerprint density at radius 1 is 0.933 bits per heavy atom. The van der Waals surface area contributed by atoms with E-state index in [0.29, 0.717) is 33.8 Å². The Labute approximate surface area is 180 Å².